The molecule has 0 aliphatic heterocycles. The SMILES string of the molecule is CNC1CCC(NC(=O)NCCN(C)C)CC1. The first-order valence-corrected chi connectivity index (χ1v) is 6.48. The van der Waals surface area contributed by atoms with Gasteiger partial charge in [0.2, 0.25) is 0 Å². The lowest BCUT2D eigenvalue weighted by Crippen LogP contribution is -2.46. The standard InChI is InChI=1S/C12H26N4O/c1-13-10-4-6-11(7-5-10)15-12(17)14-8-9-16(2)3/h10-11,13H,4-9H2,1-3H3,(H2,14,15,17). The van der Waals surface area contributed by atoms with E-state index in [-0.39, 0.29) is 6.03 Å². The number of nitrogens with one attached hydrogen (secondary N) is 3. The van der Waals surface area contributed by atoms with Gasteiger partial charge in [-0.2, -0.15) is 0 Å². The fraction of sp³-hybridized carbons (Fsp3) is 0.917. The van der Waals surface area contributed by atoms with Crippen LogP contribution in [0.3, 0.4) is 0 Å². The number of carbonyl (C=O) groups excluding carboxylic acids is 1. The number of hydrogen-bond acceptors (Lipinski definition) is 3. The van der Waals surface area contributed by atoms with Gasteiger partial charge in [0.25, 0.3) is 0 Å². The first-order valence-electron chi connectivity index (χ1n) is 6.48. The van der Waals surface area contributed by atoms with Gasteiger partial charge in [0.15, 0.2) is 0 Å². The monoisotopic (exact) mass is 242 g/mol. The summed E-state index contributed by atoms with van der Waals surface area (Å²) in [5.74, 6) is 0. The number of urea groups is 1. The van der Waals surface area contributed by atoms with Crippen LogP contribution in [0.25, 0.3) is 0 Å². The predicted octanol–water partition coefficient (Wildman–Crippen LogP) is 0.378. The van der Waals surface area contributed by atoms with E-state index in [0.717, 1.165) is 32.2 Å². The lowest BCUT2D eigenvalue weighted by molar-refractivity contribution is 0.228. The largest absolute Gasteiger partial charge is 0.337 e. The summed E-state index contributed by atoms with van der Waals surface area (Å²) in [6, 6.07) is 0.948. The van der Waals surface area contributed by atoms with Gasteiger partial charge in [0.1, 0.15) is 0 Å². The van der Waals surface area contributed by atoms with Crippen LogP contribution in [0.5, 0.6) is 0 Å². The minimum Gasteiger partial charge on any atom is -0.337 e. The highest BCUT2D eigenvalue weighted by atomic mass is 16.2. The molecule has 17 heavy (non-hydrogen) atoms. The Morgan fingerprint density at radius 1 is 1.18 bits per heavy atom. The molecule has 0 bridgehead atoms. The summed E-state index contributed by atoms with van der Waals surface area (Å²) in [5.41, 5.74) is 0. The molecule has 1 saturated carbocycles. The summed E-state index contributed by atoms with van der Waals surface area (Å²) in [7, 11) is 6.00. The summed E-state index contributed by atoms with van der Waals surface area (Å²) >= 11 is 0. The quantitative estimate of drug-likeness (QED) is 0.653. The van der Waals surface area contributed by atoms with Crippen LogP contribution < -0.4 is 16.0 Å². The van der Waals surface area contributed by atoms with E-state index >= 15 is 0 Å². The van der Waals surface area contributed by atoms with E-state index in [1.54, 1.807) is 0 Å². The molecule has 0 unspecified atom stereocenters. The number of likely N-dealkylation sites (N-methyl/N-ethyl adjacent to an activating group) is 1. The molecule has 0 atom stereocenters. The Balaban J connectivity index is 2.10. The zero-order valence-electron chi connectivity index (χ0n) is 11.3. The minimum absolute atomic E-state index is 0.0280. The van der Waals surface area contributed by atoms with E-state index in [1.165, 1.54) is 0 Å². The topological polar surface area (TPSA) is 56.4 Å². The summed E-state index contributed by atoms with van der Waals surface area (Å²) in [5, 5.41) is 9.21. The molecule has 2 amide bonds. The van der Waals surface area contributed by atoms with E-state index in [0.29, 0.717) is 18.6 Å². The third-order valence-electron chi connectivity index (χ3n) is 3.32. The van der Waals surface area contributed by atoms with Gasteiger partial charge in [-0.1, -0.05) is 0 Å². The molecule has 5 nitrogen and oxygen atoms in total. The van der Waals surface area contributed by atoms with E-state index in [4.69, 9.17) is 0 Å². The average molecular weight is 242 g/mol. The van der Waals surface area contributed by atoms with Crippen molar-refractivity contribution >= 4 is 6.03 Å². The van der Waals surface area contributed by atoms with Gasteiger partial charge in [-0.25, -0.2) is 4.79 Å². The van der Waals surface area contributed by atoms with Gasteiger partial charge < -0.3 is 20.9 Å². The molecule has 0 heterocycles. The van der Waals surface area contributed by atoms with Crippen molar-refractivity contribution in [2.45, 2.75) is 37.8 Å². The molecule has 0 saturated heterocycles. The average Bonchev–Trinajstić information content (AvgIpc) is 2.29. The van der Waals surface area contributed by atoms with E-state index in [9.17, 15) is 4.79 Å². The zero-order valence-corrected chi connectivity index (χ0v) is 11.3. The number of nitrogens with zero attached hydrogens (tertiary/aromatic N) is 1. The molecule has 0 aromatic rings. The van der Waals surface area contributed by atoms with Crippen LogP contribution in [0.2, 0.25) is 0 Å². The highest BCUT2D eigenvalue weighted by Gasteiger charge is 2.20. The van der Waals surface area contributed by atoms with Crippen LogP contribution in [0.4, 0.5) is 4.79 Å². The van der Waals surface area contributed by atoms with Crippen molar-refractivity contribution < 1.29 is 4.79 Å². The summed E-state index contributed by atoms with van der Waals surface area (Å²) < 4.78 is 0. The number of amides is 2. The molecule has 3 N–H and O–H groups in total. The van der Waals surface area contributed by atoms with Gasteiger partial charge in [0.05, 0.1) is 0 Å². The van der Waals surface area contributed by atoms with Crippen LogP contribution >= 0.6 is 0 Å². The normalized spacial score (nSPS) is 24.7. The van der Waals surface area contributed by atoms with Gasteiger partial charge >= 0.3 is 6.03 Å². The fourth-order valence-electron chi connectivity index (χ4n) is 2.16. The lowest BCUT2D eigenvalue weighted by atomic mass is 9.91. The minimum atomic E-state index is -0.0280. The Morgan fingerprint density at radius 2 is 1.76 bits per heavy atom. The predicted molar refractivity (Wildman–Crippen MR) is 70.2 cm³/mol. The van der Waals surface area contributed by atoms with Gasteiger partial charge in [0, 0.05) is 25.2 Å². The van der Waals surface area contributed by atoms with Gasteiger partial charge in [-0.15, -0.1) is 0 Å². The molecule has 1 rings (SSSR count). The van der Waals surface area contributed by atoms with E-state index < -0.39 is 0 Å². The first kappa shape index (κ1) is 14.3. The van der Waals surface area contributed by atoms with Crippen LogP contribution in [0, 0.1) is 0 Å². The van der Waals surface area contributed by atoms with Crippen molar-refractivity contribution in [2.75, 3.05) is 34.2 Å². The van der Waals surface area contributed by atoms with Gasteiger partial charge in [-0.05, 0) is 46.8 Å². The highest BCUT2D eigenvalue weighted by Crippen LogP contribution is 2.17. The van der Waals surface area contributed by atoms with Crippen LogP contribution in [0.15, 0.2) is 0 Å². The maximum Gasteiger partial charge on any atom is 0.315 e. The molecule has 0 radical (unpaired) electrons. The Kier molecular flexibility index (Phi) is 6.29. The van der Waals surface area contributed by atoms with Gasteiger partial charge in [-0.3, -0.25) is 0 Å². The Labute approximate surface area is 104 Å². The lowest BCUT2D eigenvalue weighted by Gasteiger charge is -2.28. The molecule has 1 aliphatic rings. The van der Waals surface area contributed by atoms with Crippen molar-refractivity contribution in [3.8, 4) is 0 Å². The molecule has 1 fully saturated rings. The molecular formula is C12H26N4O. The van der Waals surface area contributed by atoms with Crippen molar-refractivity contribution in [1.82, 2.24) is 20.9 Å². The number of rotatable bonds is 5. The van der Waals surface area contributed by atoms with E-state index in [1.807, 2.05) is 21.1 Å². The Morgan fingerprint density at radius 3 is 2.29 bits per heavy atom. The molecular weight excluding hydrogens is 216 g/mol. The second-order valence-electron chi connectivity index (χ2n) is 5.04. The van der Waals surface area contributed by atoms with Crippen molar-refractivity contribution in [1.29, 1.82) is 0 Å². The molecule has 0 aromatic heterocycles. The smallest absolute Gasteiger partial charge is 0.315 e. The number of hydrogen-bond donors (Lipinski definition) is 3. The summed E-state index contributed by atoms with van der Waals surface area (Å²) in [6.45, 7) is 1.57. The third kappa shape index (κ3) is 5.89. The zero-order chi connectivity index (χ0) is 12.7. The highest BCUT2D eigenvalue weighted by molar-refractivity contribution is 5.74. The Bertz CT molecular complexity index is 225. The summed E-state index contributed by atoms with van der Waals surface area (Å²) in [4.78, 5) is 13.6. The van der Waals surface area contributed by atoms with E-state index in [2.05, 4.69) is 20.9 Å². The first-order chi connectivity index (χ1) is 8.11. The van der Waals surface area contributed by atoms with Crippen molar-refractivity contribution in [3.63, 3.8) is 0 Å². The molecule has 1 aliphatic carbocycles. The maximum absolute atomic E-state index is 11.6. The molecule has 5 heteroatoms. The second kappa shape index (κ2) is 7.50. The van der Waals surface area contributed by atoms with Crippen LogP contribution in [-0.4, -0.2) is 57.2 Å². The maximum atomic E-state index is 11.6. The van der Waals surface area contributed by atoms with Crippen molar-refractivity contribution in [3.05, 3.63) is 0 Å². The van der Waals surface area contributed by atoms with Crippen LogP contribution in [0.1, 0.15) is 25.7 Å². The Hall–Kier alpha value is -0.810. The number of carbonyl (C=O) groups is 1. The third-order valence-corrected chi connectivity index (χ3v) is 3.32. The molecule has 100 valence electrons. The van der Waals surface area contributed by atoms with Crippen LogP contribution in [-0.2, 0) is 0 Å². The summed E-state index contributed by atoms with van der Waals surface area (Å²) in [6.07, 6.45) is 4.46. The molecule has 0 spiro atoms. The van der Waals surface area contributed by atoms with Crippen molar-refractivity contribution in [2.24, 2.45) is 0 Å². The fourth-order valence-corrected chi connectivity index (χ4v) is 2.16. The molecule has 0 aromatic carbocycles. The second-order valence-corrected chi connectivity index (χ2v) is 5.04.